The quantitative estimate of drug-likeness (QED) is 0.452. The molecule has 2 atom stereocenters. The van der Waals surface area contributed by atoms with E-state index in [1.165, 1.54) is 0 Å². The first-order chi connectivity index (χ1) is 4.84. The second kappa shape index (κ2) is 3.43. The molecular formula is C7H12N2O. The van der Waals surface area contributed by atoms with Gasteiger partial charge in [0.25, 0.3) is 0 Å². The lowest BCUT2D eigenvalue weighted by Gasteiger charge is -2.15. The molecule has 0 bridgehead atoms. The highest BCUT2D eigenvalue weighted by Crippen LogP contribution is 2.14. The first-order valence-corrected chi connectivity index (χ1v) is 3.61. The van der Waals surface area contributed by atoms with Crippen molar-refractivity contribution in [1.29, 1.82) is 5.26 Å². The van der Waals surface area contributed by atoms with Gasteiger partial charge in [-0.15, -0.1) is 0 Å². The van der Waals surface area contributed by atoms with Crippen LogP contribution in [0.3, 0.4) is 0 Å². The fraction of sp³-hybridized carbons (Fsp3) is 0.857. The molecule has 0 saturated carbocycles. The Kier molecular flexibility index (Phi) is 2.52. The zero-order valence-electron chi connectivity index (χ0n) is 6.13. The third-order valence-electron chi connectivity index (χ3n) is 1.81. The van der Waals surface area contributed by atoms with Gasteiger partial charge in [-0.2, -0.15) is 5.26 Å². The molecular weight excluding hydrogens is 128 g/mol. The van der Waals surface area contributed by atoms with Gasteiger partial charge in [-0.05, 0) is 19.8 Å². The van der Waals surface area contributed by atoms with Crippen molar-refractivity contribution in [2.75, 3.05) is 6.61 Å². The van der Waals surface area contributed by atoms with Crippen LogP contribution in [0.5, 0.6) is 0 Å². The molecule has 1 heterocycles. The van der Waals surface area contributed by atoms with Crippen LogP contribution < -0.4 is 5.32 Å². The molecule has 0 aromatic heterocycles. The topological polar surface area (TPSA) is 45.0 Å². The highest BCUT2D eigenvalue weighted by atomic mass is 16.5. The number of nitrogens with zero attached hydrogens (tertiary/aromatic N) is 1. The van der Waals surface area contributed by atoms with Crippen LogP contribution in [0.4, 0.5) is 0 Å². The molecule has 0 amide bonds. The van der Waals surface area contributed by atoms with E-state index in [0.29, 0.717) is 0 Å². The van der Waals surface area contributed by atoms with Gasteiger partial charge in [0.15, 0.2) is 6.19 Å². The number of hydrogen-bond donors (Lipinski definition) is 1. The third kappa shape index (κ3) is 1.61. The zero-order valence-corrected chi connectivity index (χ0v) is 6.13. The smallest absolute Gasteiger partial charge is 0.176 e. The third-order valence-corrected chi connectivity index (χ3v) is 1.81. The molecule has 2 unspecified atom stereocenters. The standard InChI is InChI=1S/C7H12N2O/c1-6(9-5-8)7-3-2-4-10-7/h6-7,9H,2-4H2,1H3. The molecule has 3 heteroatoms. The van der Waals surface area contributed by atoms with Gasteiger partial charge in [0, 0.05) is 6.61 Å². The summed E-state index contributed by atoms with van der Waals surface area (Å²) in [5.41, 5.74) is 0. The average molecular weight is 140 g/mol. The van der Waals surface area contributed by atoms with Crippen molar-refractivity contribution in [3.63, 3.8) is 0 Å². The van der Waals surface area contributed by atoms with Crippen LogP contribution in [0.25, 0.3) is 0 Å². The second-order valence-electron chi connectivity index (χ2n) is 2.60. The fourth-order valence-corrected chi connectivity index (χ4v) is 1.19. The molecule has 3 nitrogen and oxygen atoms in total. The van der Waals surface area contributed by atoms with Crippen molar-refractivity contribution in [2.24, 2.45) is 0 Å². The molecule has 56 valence electrons. The summed E-state index contributed by atoms with van der Waals surface area (Å²) in [4.78, 5) is 0. The van der Waals surface area contributed by atoms with Crippen LogP contribution in [0.2, 0.25) is 0 Å². The fourth-order valence-electron chi connectivity index (χ4n) is 1.19. The number of ether oxygens (including phenoxy) is 1. The molecule has 1 aliphatic heterocycles. The lowest BCUT2D eigenvalue weighted by atomic mass is 10.1. The average Bonchev–Trinajstić information content (AvgIpc) is 2.38. The summed E-state index contributed by atoms with van der Waals surface area (Å²) < 4.78 is 5.35. The van der Waals surface area contributed by atoms with Gasteiger partial charge in [-0.3, -0.25) is 0 Å². The Morgan fingerprint density at radius 2 is 2.60 bits per heavy atom. The van der Waals surface area contributed by atoms with Crippen molar-refractivity contribution in [3.05, 3.63) is 0 Å². The number of rotatable bonds is 2. The number of hydrogen-bond acceptors (Lipinski definition) is 3. The van der Waals surface area contributed by atoms with E-state index in [1.54, 1.807) is 0 Å². The lowest BCUT2D eigenvalue weighted by molar-refractivity contribution is 0.0884. The number of nitrogens with one attached hydrogen (secondary N) is 1. The normalized spacial score (nSPS) is 27.4. The molecule has 1 aliphatic rings. The van der Waals surface area contributed by atoms with E-state index >= 15 is 0 Å². The van der Waals surface area contributed by atoms with Crippen molar-refractivity contribution in [3.8, 4) is 6.19 Å². The summed E-state index contributed by atoms with van der Waals surface area (Å²) in [5, 5.41) is 10.9. The Morgan fingerprint density at radius 1 is 1.80 bits per heavy atom. The van der Waals surface area contributed by atoms with E-state index in [0.717, 1.165) is 19.4 Å². The Balaban J connectivity index is 2.26. The summed E-state index contributed by atoms with van der Waals surface area (Å²) in [5.74, 6) is 0. The highest BCUT2D eigenvalue weighted by molar-refractivity contribution is 4.81. The minimum absolute atomic E-state index is 0.174. The lowest BCUT2D eigenvalue weighted by Crippen LogP contribution is -2.33. The molecule has 1 saturated heterocycles. The van der Waals surface area contributed by atoms with E-state index < -0.39 is 0 Å². The SMILES string of the molecule is CC(NC#N)C1CCCO1. The summed E-state index contributed by atoms with van der Waals surface area (Å²) in [6.07, 6.45) is 4.37. The highest BCUT2D eigenvalue weighted by Gasteiger charge is 2.21. The Bertz CT molecular complexity index is 135. The van der Waals surface area contributed by atoms with Gasteiger partial charge in [0.1, 0.15) is 0 Å². The van der Waals surface area contributed by atoms with Gasteiger partial charge in [-0.25, -0.2) is 0 Å². The molecule has 0 aliphatic carbocycles. The minimum atomic E-state index is 0.174. The monoisotopic (exact) mass is 140 g/mol. The molecule has 0 spiro atoms. The second-order valence-corrected chi connectivity index (χ2v) is 2.60. The molecule has 1 N–H and O–H groups in total. The predicted octanol–water partition coefficient (Wildman–Crippen LogP) is 0.625. The molecule has 1 rings (SSSR count). The summed E-state index contributed by atoms with van der Waals surface area (Å²) in [6.45, 7) is 2.82. The number of nitriles is 1. The van der Waals surface area contributed by atoms with E-state index in [9.17, 15) is 0 Å². The van der Waals surface area contributed by atoms with Gasteiger partial charge in [-0.1, -0.05) is 0 Å². The predicted molar refractivity (Wildman–Crippen MR) is 37.2 cm³/mol. The van der Waals surface area contributed by atoms with Crippen LogP contribution in [0.1, 0.15) is 19.8 Å². The molecule has 0 aromatic carbocycles. The van der Waals surface area contributed by atoms with Gasteiger partial charge in [0.05, 0.1) is 12.1 Å². The molecule has 1 fully saturated rings. The van der Waals surface area contributed by atoms with Gasteiger partial charge in [0.2, 0.25) is 0 Å². The van der Waals surface area contributed by atoms with Crippen LogP contribution in [0, 0.1) is 11.5 Å². The van der Waals surface area contributed by atoms with Crippen molar-refractivity contribution < 1.29 is 4.74 Å². The zero-order chi connectivity index (χ0) is 7.40. The molecule has 0 radical (unpaired) electrons. The van der Waals surface area contributed by atoms with E-state index in [2.05, 4.69) is 5.32 Å². The Labute approximate surface area is 61.0 Å². The first-order valence-electron chi connectivity index (χ1n) is 3.61. The minimum Gasteiger partial charge on any atom is -0.376 e. The van der Waals surface area contributed by atoms with Crippen LogP contribution >= 0.6 is 0 Å². The van der Waals surface area contributed by atoms with E-state index in [4.69, 9.17) is 10.00 Å². The maximum Gasteiger partial charge on any atom is 0.176 e. The van der Waals surface area contributed by atoms with E-state index in [1.807, 2.05) is 13.1 Å². The molecule has 0 aromatic rings. The van der Waals surface area contributed by atoms with Crippen molar-refractivity contribution in [2.45, 2.75) is 31.9 Å². The Morgan fingerprint density at radius 3 is 3.10 bits per heavy atom. The van der Waals surface area contributed by atoms with Crippen LogP contribution in [-0.2, 0) is 4.74 Å². The van der Waals surface area contributed by atoms with Crippen LogP contribution in [-0.4, -0.2) is 18.8 Å². The van der Waals surface area contributed by atoms with Crippen LogP contribution in [0.15, 0.2) is 0 Å². The maximum atomic E-state index is 8.28. The van der Waals surface area contributed by atoms with Gasteiger partial charge >= 0.3 is 0 Å². The first kappa shape index (κ1) is 7.36. The van der Waals surface area contributed by atoms with Crippen molar-refractivity contribution in [1.82, 2.24) is 5.32 Å². The summed E-state index contributed by atoms with van der Waals surface area (Å²) in [7, 11) is 0. The Hall–Kier alpha value is -0.750. The van der Waals surface area contributed by atoms with Crippen molar-refractivity contribution >= 4 is 0 Å². The summed E-state index contributed by atoms with van der Waals surface area (Å²) in [6, 6.07) is 0.174. The van der Waals surface area contributed by atoms with Gasteiger partial charge < -0.3 is 10.1 Å². The molecule has 10 heavy (non-hydrogen) atoms. The maximum absolute atomic E-state index is 8.28. The summed E-state index contributed by atoms with van der Waals surface area (Å²) >= 11 is 0. The van der Waals surface area contributed by atoms with E-state index in [-0.39, 0.29) is 12.1 Å². The largest absolute Gasteiger partial charge is 0.376 e.